The van der Waals surface area contributed by atoms with Crippen molar-refractivity contribution in [1.29, 1.82) is 10.8 Å². The SMILES string of the molecule is CCCc1cc2c(N3CCN(C(=N)C(F)(F)F)C(=N)C3)nc(N3CCN(C(=O)CO)CC3)nc2s1. The Morgan fingerprint density at radius 1 is 1.14 bits per heavy atom. The number of fused-ring (bicyclic) bond motifs is 1. The number of carbonyl (C=O) groups is 1. The average Bonchev–Trinajstić information content (AvgIpc) is 3.24. The van der Waals surface area contributed by atoms with Gasteiger partial charge in [0.25, 0.3) is 0 Å². The van der Waals surface area contributed by atoms with E-state index in [9.17, 15) is 18.0 Å². The summed E-state index contributed by atoms with van der Waals surface area (Å²) in [5, 5.41) is 25.5. The number of halogens is 3. The molecule has 1 amide bonds. The number of aliphatic hydroxyl groups is 1. The molecule has 190 valence electrons. The molecule has 0 bridgehead atoms. The summed E-state index contributed by atoms with van der Waals surface area (Å²) in [6.45, 7) is 3.26. The van der Waals surface area contributed by atoms with Gasteiger partial charge in [0.1, 0.15) is 23.1 Å². The van der Waals surface area contributed by atoms with Gasteiger partial charge >= 0.3 is 6.18 Å². The minimum absolute atomic E-state index is 0.109. The van der Waals surface area contributed by atoms with Crippen LogP contribution in [0.1, 0.15) is 18.2 Å². The standard InChI is InChI=1S/C21H27F3N8O2S/c1-2-3-13-10-14-17(31-8-9-32(15(25)11-31)19(26)21(22,23)24)27-20(28-18(14)35-13)30-6-4-29(5-7-30)16(34)12-33/h10,25-26,33H,2-9,11-12H2,1H3. The Bertz CT molecular complexity index is 1130. The molecule has 0 atom stereocenters. The number of piperazine rings is 2. The maximum absolute atomic E-state index is 13.0. The summed E-state index contributed by atoms with van der Waals surface area (Å²) in [5.41, 5.74) is 0. The number of anilines is 2. The molecule has 2 aliphatic heterocycles. The zero-order valence-corrected chi connectivity index (χ0v) is 20.0. The number of nitrogens with one attached hydrogen (secondary N) is 2. The highest BCUT2D eigenvalue weighted by molar-refractivity contribution is 7.18. The molecule has 0 unspecified atom stereocenters. The van der Waals surface area contributed by atoms with Crippen molar-refractivity contribution in [2.24, 2.45) is 0 Å². The first kappa shape index (κ1) is 25.1. The number of hydrogen-bond donors (Lipinski definition) is 3. The highest BCUT2D eigenvalue weighted by Crippen LogP contribution is 2.34. The maximum Gasteiger partial charge on any atom is 0.449 e. The summed E-state index contributed by atoms with van der Waals surface area (Å²) in [4.78, 5) is 29.2. The van der Waals surface area contributed by atoms with Crippen molar-refractivity contribution in [1.82, 2.24) is 19.8 Å². The molecule has 0 aliphatic carbocycles. The Balaban J connectivity index is 1.62. The number of amides is 1. The molecule has 14 heteroatoms. The van der Waals surface area contributed by atoms with Crippen LogP contribution in [0.2, 0.25) is 0 Å². The van der Waals surface area contributed by atoms with Crippen LogP contribution in [-0.2, 0) is 11.2 Å². The molecule has 0 spiro atoms. The van der Waals surface area contributed by atoms with Gasteiger partial charge in [-0.15, -0.1) is 11.3 Å². The quantitative estimate of drug-likeness (QED) is 0.413. The van der Waals surface area contributed by atoms with Crippen LogP contribution in [0, 0.1) is 10.8 Å². The number of thiophene rings is 1. The third-order valence-corrected chi connectivity index (χ3v) is 7.15. The number of rotatable bonds is 5. The molecule has 10 nitrogen and oxygen atoms in total. The predicted octanol–water partition coefficient (Wildman–Crippen LogP) is 1.92. The van der Waals surface area contributed by atoms with Crippen molar-refractivity contribution in [3.05, 3.63) is 10.9 Å². The number of amidine groups is 2. The molecule has 2 aromatic heterocycles. The summed E-state index contributed by atoms with van der Waals surface area (Å²) < 4.78 is 39.1. The van der Waals surface area contributed by atoms with E-state index in [2.05, 4.69) is 6.92 Å². The molecule has 2 fully saturated rings. The smallest absolute Gasteiger partial charge is 0.387 e. The highest BCUT2D eigenvalue weighted by atomic mass is 32.1. The van der Waals surface area contributed by atoms with Gasteiger partial charge in [0.15, 0.2) is 0 Å². The van der Waals surface area contributed by atoms with Gasteiger partial charge < -0.3 is 24.7 Å². The van der Waals surface area contributed by atoms with E-state index >= 15 is 0 Å². The monoisotopic (exact) mass is 512 g/mol. The summed E-state index contributed by atoms with van der Waals surface area (Å²) in [5.74, 6) is -1.16. The normalized spacial score (nSPS) is 17.5. The third-order valence-electron chi connectivity index (χ3n) is 6.06. The van der Waals surface area contributed by atoms with Crippen LogP contribution in [0.15, 0.2) is 6.07 Å². The molecule has 0 aromatic carbocycles. The van der Waals surface area contributed by atoms with Crippen molar-refractivity contribution in [3.8, 4) is 0 Å². The second-order valence-electron chi connectivity index (χ2n) is 8.42. The first-order valence-electron chi connectivity index (χ1n) is 11.3. The lowest BCUT2D eigenvalue weighted by Crippen LogP contribution is -2.55. The molecular weight excluding hydrogens is 485 g/mol. The van der Waals surface area contributed by atoms with Crippen molar-refractivity contribution in [3.63, 3.8) is 0 Å². The molecule has 4 rings (SSSR count). The Morgan fingerprint density at radius 3 is 2.43 bits per heavy atom. The van der Waals surface area contributed by atoms with Gasteiger partial charge in [-0.3, -0.25) is 15.6 Å². The summed E-state index contributed by atoms with van der Waals surface area (Å²) in [6.07, 6.45) is -3.00. The number of carbonyl (C=O) groups excluding carboxylic acids is 1. The molecular formula is C21H27F3N8O2S. The van der Waals surface area contributed by atoms with Gasteiger partial charge in [-0.2, -0.15) is 18.2 Å². The molecule has 2 aliphatic rings. The minimum Gasteiger partial charge on any atom is -0.387 e. The van der Waals surface area contributed by atoms with Gasteiger partial charge in [-0.05, 0) is 12.5 Å². The molecule has 2 saturated heterocycles. The van der Waals surface area contributed by atoms with Gasteiger partial charge in [0, 0.05) is 44.1 Å². The molecule has 2 aromatic rings. The summed E-state index contributed by atoms with van der Waals surface area (Å²) in [6, 6.07) is 2.01. The van der Waals surface area contributed by atoms with Crippen LogP contribution >= 0.6 is 11.3 Å². The van der Waals surface area contributed by atoms with Crippen LogP contribution in [-0.4, -0.2) is 101 Å². The van der Waals surface area contributed by atoms with E-state index in [-0.39, 0.29) is 31.4 Å². The minimum atomic E-state index is -4.81. The van der Waals surface area contributed by atoms with Crippen molar-refractivity contribution < 1.29 is 23.1 Å². The zero-order valence-electron chi connectivity index (χ0n) is 19.2. The number of aromatic nitrogens is 2. The van der Waals surface area contributed by atoms with Crippen molar-refractivity contribution in [2.75, 3.05) is 62.2 Å². The van der Waals surface area contributed by atoms with Crippen LogP contribution < -0.4 is 9.80 Å². The maximum atomic E-state index is 13.0. The molecule has 0 saturated carbocycles. The fourth-order valence-electron chi connectivity index (χ4n) is 4.23. The van der Waals surface area contributed by atoms with E-state index in [4.69, 9.17) is 25.9 Å². The Labute approximate surface area is 204 Å². The average molecular weight is 513 g/mol. The largest absolute Gasteiger partial charge is 0.449 e. The van der Waals surface area contributed by atoms with Gasteiger partial charge in [0.2, 0.25) is 17.7 Å². The fraction of sp³-hybridized carbons (Fsp3) is 0.571. The first-order chi connectivity index (χ1) is 16.6. The lowest BCUT2D eigenvalue weighted by molar-refractivity contribution is -0.134. The number of alkyl halides is 3. The molecule has 35 heavy (non-hydrogen) atoms. The number of nitrogens with zero attached hydrogens (tertiary/aromatic N) is 6. The Hall–Kier alpha value is -3.00. The first-order valence-corrected chi connectivity index (χ1v) is 12.1. The van der Waals surface area contributed by atoms with E-state index in [1.807, 2.05) is 11.0 Å². The second-order valence-corrected chi connectivity index (χ2v) is 9.54. The lowest BCUT2D eigenvalue weighted by atomic mass is 10.2. The predicted molar refractivity (Wildman–Crippen MR) is 128 cm³/mol. The van der Waals surface area contributed by atoms with E-state index in [0.717, 1.165) is 27.9 Å². The van der Waals surface area contributed by atoms with Crippen molar-refractivity contribution >= 4 is 50.9 Å². The van der Waals surface area contributed by atoms with E-state index < -0.39 is 18.6 Å². The zero-order chi connectivity index (χ0) is 25.3. The molecule has 3 N–H and O–H groups in total. The van der Waals surface area contributed by atoms with E-state index in [1.54, 1.807) is 21.1 Å². The van der Waals surface area contributed by atoms with E-state index in [0.29, 0.717) is 42.8 Å². The van der Waals surface area contributed by atoms with Crippen LogP contribution in [0.25, 0.3) is 10.2 Å². The Morgan fingerprint density at radius 2 is 1.83 bits per heavy atom. The molecule has 4 heterocycles. The summed E-state index contributed by atoms with van der Waals surface area (Å²) >= 11 is 1.55. The number of aryl methyl sites for hydroxylation is 1. The second kappa shape index (κ2) is 9.93. The fourth-order valence-corrected chi connectivity index (χ4v) is 5.35. The van der Waals surface area contributed by atoms with Gasteiger partial charge in [-0.25, -0.2) is 4.98 Å². The topological polar surface area (TPSA) is 124 Å². The van der Waals surface area contributed by atoms with E-state index in [1.165, 1.54) is 0 Å². The van der Waals surface area contributed by atoms with Gasteiger partial charge in [0.05, 0.1) is 11.9 Å². The summed E-state index contributed by atoms with van der Waals surface area (Å²) in [7, 11) is 0. The highest BCUT2D eigenvalue weighted by Gasteiger charge is 2.41. The van der Waals surface area contributed by atoms with Crippen LogP contribution in [0.4, 0.5) is 24.9 Å². The lowest BCUT2D eigenvalue weighted by Gasteiger charge is -2.38. The number of aliphatic hydroxyl groups excluding tert-OH is 1. The molecule has 0 radical (unpaired) electrons. The van der Waals surface area contributed by atoms with Crippen LogP contribution in [0.5, 0.6) is 0 Å². The third kappa shape index (κ3) is 5.17. The number of hydrogen-bond acceptors (Lipinski definition) is 9. The van der Waals surface area contributed by atoms with Crippen molar-refractivity contribution in [2.45, 2.75) is 25.9 Å². The Kier molecular flexibility index (Phi) is 7.12. The van der Waals surface area contributed by atoms with Gasteiger partial charge in [-0.1, -0.05) is 13.3 Å². The van der Waals surface area contributed by atoms with Crippen LogP contribution in [0.3, 0.4) is 0 Å².